The SMILES string of the molecule is CCOC(=O)[C@H](Cc1ccccc1)NP(=O)(OC[C@@H](OC#N)[C@@H](O)[C@@H](O)c1ccc2c(N)ncnn12)Oc1ccccc1. The van der Waals surface area contributed by atoms with Gasteiger partial charge in [0.25, 0.3) is 6.26 Å². The van der Waals surface area contributed by atoms with Crippen LogP contribution >= 0.6 is 7.75 Å². The molecule has 4 rings (SSSR count). The van der Waals surface area contributed by atoms with Crippen molar-refractivity contribution < 1.29 is 38.1 Å². The largest absolute Gasteiger partial charge is 0.465 e. The summed E-state index contributed by atoms with van der Waals surface area (Å²) in [6.07, 6.45) is -2.24. The highest BCUT2D eigenvalue weighted by Crippen LogP contribution is 2.45. The number of hydrogen-bond donors (Lipinski definition) is 4. The third-order valence-electron chi connectivity index (χ3n) is 6.27. The van der Waals surface area contributed by atoms with E-state index in [1.807, 2.05) is 6.07 Å². The number of fused-ring (bicyclic) bond motifs is 1. The van der Waals surface area contributed by atoms with Crippen LogP contribution in [0.4, 0.5) is 5.82 Å². The number of aromatic nitrogens is 3. The minimum Gasteiger partial charge on any atom is -0.465 e. The topological polar surface area (TPSA) is 204 Å². The lowest BCUT2D eigenvalue weighted by Crippen LogP contribution is -2.41. The summed E-state index contributed by atoms with van der Waals surface area (Å²) in [5.41, 5.74) is 7.10. The molecule has 0 radical (unpaired) electrons. The maximum atomic E-state index is 14.2. The van der Waals surface area contributed by atoms with Crippen LogP contribution in [0.2, 0.25) is 0 Å². The van der Waals surface area contributed by atoms with Crippen LogP contribution in [0.5, 0.6) is 5.75 Å². The molecule has 5 atom stereocenters. The van der Waals surface area contributed by atoms with E-state index in [1.165, 1.54) is 35.3 Å². The van der Waals surface area contributed by atoms with Gasteiger partial charge in [-0.3, -0.25) is 9.32 Å². The van der Waals surface area contributed by atoms with Gasteiger partial charge < -0.3 is 29.9 Å². The molecule has 2 heterocycles. The van der Waals surface area contributed by atoms with E-state index < -0.39 is 44.7 Å². The normalized spacial score (nSPS) is 15.4. The molecule has 0 aliphatic rings. The van der Waals surface area contributed by atoms with Gasteiger partial charge in [0.2, 0.25) is 0 Å². The molecule has 14 nitrogen and oxygen atoms in total. The molecular weight excluding hydrogens is 579 g/mol. The van der Waals surface area contributed by atoms with Crippen molar-refractivity contribution in [1.29, 1.82) is 5.26 Å². The van der Waals surface area contributed by atoms with Gasteiger partial charge in [0, 0.05) is 0 Å². The highest BCUT2D eigenvalue weighted by molar-refractivity contribution is 7.52. The molecule has 0 bridgehead atoms. The zero-order valence-electron chi connectivity index (χ0n) is 23.1. The summed E-state index contributed by atoms with van der Waals surface area (Å²) in [7, 11) is -4.44. The van der Waals surface area contributed by atoms with Crippen molar-refractivity contribution in [2.24, 2.45) is 0 Å². The van der Waals surface area contributed by atoms with E-state index in [4.69, 9.17) is 24.3 Å². The highest BCUT2D eigenvalue weighted by Gasteiger charge is 2.38. The molecule has 15 heteroatoms. The number of nitrogens with zero attached hydrogens (tertiary/aromatic N) is 4. The van der Waals surface area contributed by atoms with Gasteiger partial charge in [-0.2, -0.15) is 15.4 Å². The Morgan fingerprint density at radius 1 is 1.12 bits per heavy atom. The van der Waals surface area contributed by atoms with Crippen LogP contribution in [-0.4, -0.2) is 62.2 Å². The summed E-state index contributed by atoms with van der Waals surface area (Å²) < 4.78 is 37.0. The van der Waals surface area contributed by atoms with E-state index in [-0.39, 0.29) is 30.3 Å². The molecule has 0 aliphatic carbocycles. The Bertz CT molecular complexity index is 1580. The first-order valence-electron chi connectivity index (χ1n) is 13.2. The Kier molecular flexibility index (Phi) is 10.7. The van der Waals surface area contributed by atoms with Crippen LogP contribution in [0, 0.1) is 11.5 Å². The van der Waals surface area contributed by atoms with Gasteiger partial charge in [0.15, 0.2) is 11.9 Å². The molecule has 1 unspecified atom stereocenters. The molecule has 43 heavy (non-hydrogen) atoms. The number of rotatable bonds is 15. The molecule has 0 saturated heterocycles. The zero-order chi connectivity index (χ0) is 30.8. The molecule has 0 aliphatic heterocycles. The fraction of sp³-hybridized carbons (Fsp3) is 0.286. The maximum Gasteiger partial charge on any atom is 0.459 e. The number of carbonyl (C=O) groups is 1. The first kappa shape index (κ1) is 31.4. The van der Waals surface area contributed by atoms with Gasteiger partial charge in [-0.1, -0.05) is 48.5 Å². The standard InChI is InChI=1S/C28H31N6O8P/c1-2-39-28(37)21(15-19-9-5-3-6-10-19)33-43(38,42-20-11-7-4-8-12-20)41-16-24(40-17-29)26(36)25(35)22-13-14-23-27(30)31-18-32-34(22)23/h3-14,18,21,24-26,35-36H,2,15-16H2,1H3,(H,33,38)(H2,30,31,32)/t21-,24+,25-,26+,43?/m0/s1. The molecule has 0 saturated carbocycles. The van der Waals surface area contributed by atoms with Crippen LogP contribution in [0.15, 0.2) is 79.1 Å². The van der Waals surface area contributed by atoms with Gasteiger partial charge in [0.05, 0.1) is 18.9 Å². The van der Waals surface area contributed by atoms with Gasteiger partial charge in [-0.15, -0.1) is 0 Å². The Balaban J connectivity index is 1.58. The number of ether oxygens (including phenoxy) is 2. The van der Waals surface area contributed by atoms with Crippen LogP contribution in [-0.2, 0) is 29.8 Å². The average molecular weight is 611 g/mol. The number of para-hydroxylation sites is 1. The second-order valence-electron chi connectivity index (χ2n) is 9.20. The molecule has 5 N–H and O–H groups in total. The van der Waals surface area contributed by atoms with Crippen molar-refractivity contribution in [3.05, 3.63) is 90.4 Å². The summed E-state index contributed by atoms with van der Waals surface area (Å²) >= 11 is 0. The van der Waals surface area contributed by atoms with Gasteiger partial charge >= 0.3 is 13.7 Å². The van der Waals surface area contributed by atoms with Gasteiger partial charge in [-0.05, 0) is 43.2 Å². The predicted octanol–water partition coefficient (Wildman–Crippen LogP) is 2.54. The van der Waals surface area contributed by atoms with Crippen LogP contribution in [0.3, 0.4) is 0 Å². The number of nitriles is 1. The Morgan fingerprint density at radius 3 is 2.49 bits per heavy atom. The monoisotopic (exact) mass is 610 g/mol. The van der Waals surface area contributed by atoms with E-state index >= 15 is 0 Å². The molecule has 226 valence electrons. The van der Waals surface area contributed by atoms with Crippen molar-refractivity contribution in [2.45, 2.75) is 37.7 Å². The number of benzene rings is 2. The number of aliphatic hydroxyl groups is 2. The third-order valence-corrected chi connectivity index (χ3v) is 7.84. The lowest BCUT2D eigenvalue weighted by molar-refractivity contribution is -0.145. The van der Waals surface area contributed by atoms with E-state index in [1.54, 1.807) is 55.5 Å². The average Bonchev–Trinajstić information content (AvgIpc) is 3.45. The summed E-state index contributed by atoms with van der Waals surface area (Å²) in [6.45, 7) is 1.01. The Labute approximate surface area is 247 Å². The quantitative estimate of drug-likeness (QED) is 0.0869. The van der Waals surface area contributed by atoms with Gasteiger partial charge in [0.1, 0.15) is 35.8 Å². The summed E-state index contributed by atoms with van der Waals surface area (Å²) in [6, 6.07) is 18.9. The molecule has 2 aromatic carbocycles. The second-order valence-corrected chi connectivity index (χ2v) is 10.9. The molecule has 4 aromatic rings. The van der Waals surface area contributed by atoms with Crippen molar-refractivity contribution in [3.8, 4) is 12.0 Å². The Hall–Kier alpha value is -4.51. The summed E-state index contributed by atoms with van der Waals surface area (Å²) in [5.74, 6) is -0.405. The third kappa shape index (κ3) is 8.07. The fourth-order valence-corrected chi connectivity index (χ4v) is 5.69. The molecule has 2 aromatic heterocycles. The predicted molar refractivity (Wildman–Crippen MR) is 153 cm³/mol. The number of nitrogens with one attached hydrogen (secondary N) is 1. The maximum absolute atomic E-state index is 14.2. The number of carbonyl (C=O) groups excluding carboxylic acids is 1. The van der Waals surface area contributed by atoms with E-state index in [2.05, 4.69) is 15.2 Å². The first-order chi connectivity index (χ1) is 20.7. The molecule has 0 fully saturated rings. The van der Waals surface area contributed by atoms with Crippen molar-refractivity contribution in [1.82, 2.24) is 19.7 Å². The van der Waals surface area contributed by atoms with E-state index in [0.717, 1.165) is 5.56 Å². The molecule has 0 amide bonds. The van der Waals surface area contributed by atoms with Crippen molar-refractivity contribution in [3.63, 3.8) is 0 Å². The second kappa shape index (κ2) is 14.6. The smallest absolute Gasteiger partial charge is 0.459 e. The van der Waals surface area contributed by atoms with Gasteiger partial charge in [-0.25, -0.2) is 14.1 Å². The lowest BCUT2D eigenvalue weighted by atomic mass is 10.1. The molecular formula is C28H31N6O8P. The van der Waals surface area contributed by atoms with Crippen LogP contribution in [0.25, 0.3) is 5.52 Å². The Morgan fingerprint density at radius 2 is 1.81 bits per heavy atom. The zero-order valence-corrected chi connectivity index (χ0v) is 24.0. The minimum absolute atomic E-state index is 0.0731. The van der Waals surface area contributed by atoms with Crippen molar-refractivity contribution >= 4 is 25.1 Å². The number of hydrogen-bond acceptors (Lipinski definition) is 12. The number of aliphatic hydroxyl groups excluding tert-OH is 2. The fourth-order valence-electron chi connectivity index (χ4n) is 4.19. The molecule has 0 spiro atoms. The summed E-state index contributed by atoms with van der Waals surface area (Å²) in [5, 5.41) is 38.0. The van der Waals surface area contributed by atoms with E-state index in [0.29, 0.717) is 5.52 Å². The van der Waals surface area contributed by atoms with Crippen molar-refractivity contribution in [2.75, 3.05) is 18.9 Å². The number of anilines is 1. The highest BCUT2D eigenvalue weighted by atomic mass is 31.2. The number of nitrogens with two attached hydrogens (primary N) is 1. The summed E-state index contributed by atoms with van der Waals surface area (Å²) in [4.78, 5) is 16.8. The number of esters is 1. The number of nitrogen functional groups attached to an aromatic ring is 1. The lowest BCUT2D eigenvalue weighted by Gasteiger charge is -2.28. The minimum atomic E-state index is -4.44. The van der Waals surface area contributed by atoms with Crippen LogP contribution < -0.4 is 15.3 Å². The van der Waals surface area contributed by atoms with Crippen LogP contribution in [0.1, 0.15) is 24.3 Å². The van der Waals surface area contributed by atoms with E-state index in [9.17, 15) is 24.8 Å². The first-order valence-corrected chi connectivity index (χ1v) is 14.8.